The fraction of sp³-hybridized carbons (Fsp3) is 0.143. The van der Waals surface area contributed by atoms with Crippen molar-refractivity contribution >= 4 is 11.8 Å². The van der Waals surface area contributed by atoms with Crippen LogP contribution in [0.25, 0.3) is 0 Å². The maximum absolute atomic E-state index is 13.3. The molecule has 110 valence electrons. The second-order valence-electron chi connectivity index (χ2n) is 4.14. The molecule has 0 aliphatic rings. The molecule has 5 nitrogen and oxygen atoms in total. The fourth-order valence-electron chi connectivity index (χ4n) is 1.63. The van der Waals surface area contributed by atoms with Crippen molar-refractivity contribution in [3.8, 4) is 0 Å². The molecule has 0 spiro atoms. The lowest BCUT2D eigenvalue weighted by Crippen LogP contribution is -2.37. The standard InChI is InChI=1S/C14H12F2N2O3/c15-10-4-1-5-11(16)13(10)14(20)18-8-12(19)17-7-9-3-2-6-21-9/h1-6H,7-8H2,(H,17,19)(H,18,20). The normalized spacial score (nSPS) is 10.2. The molecular weight excluding hydrogens is 282 g/mol. The summed E-state index contributed by atoms with van der Waals surface area (Å²) in [5.41, 5.74) is -0.712. The maximum atomic E-state index is 13.3. The van der Waals surface area contributed by atoms with Gasteiger partial charge in [-0.1, -0.05) is 6.07 Å². The molecule has 0 aliphatic carbocycles. The Morgan fingerprint density at radius 3 is 2.38 bits per heavy atom. The number of hydrogen-bond donors (Lipinski definition) is 2. The van der Waals surface area contributed by atoms with Gasteiger partial charge in [0.2, 0.25) is 5.91 Å². The summed E-state index contributed by atoms with van der Waals surface area (Å²) in [6, 6.07) is 6.43. The topological polar surface area (TPSA) is 71.3 Å². The van der Waals surface area contributed by atoms with E-state index < -0.39 is 35.6 Å². The molecule has 0 unspecified atom stereocenters. The quantitative estimate of drug-likeness (QED) is 0.880. The summed E-state index contributed by atoms with van der Waals surface area (Å²) in [5, 5.41) is 4.64. The van der Waals surface area contributed by atoms with Crippen LogP contribution in [0.15, 0.2) is 41.0 Å². The lowest BCUT2D eigenvalue weighted by molar-refractivity contribution is -0.120. The molecule has 2 rings (SSSR count). The van der Waals surface area contributed by atoms with Gasteiger partial charge in [0.05, 0.1) is 19.4 Å². The highest BCUT2D eigenvalue weighted by Crippen LogP contribution is 2.11. The van der Waals surface area contributed by atoms with Crippen molar-refractivity contribution in [3.05, 3.63) is 59.6 Å². The maximum Gasteiger partial charge on any atom is 0.257 e. The Labute approximate surface area is 118 Å². The third-order valence-electron chi connectivity index (χ3n) is 2.64. The Kier molecular flexibility index (Phi) is 4.65. The minimum absolute atomic E-state index is 0.162. The van der Waals surface area contributed by atoms with E-state index >= 15 is 0 Å². The minimum atomic E-state index is -0.987. The van der Waals surface area contributed by atoms with Gasteiger partial charge in [-0.3, -0.25) is 9.59 Å². The van der Waals surface area contributed by atoms with Crippen LogP contribution in [-0.4, -0.2) is 18.4 Å². The molecule has 1 aromatic carbocycles. The molecule has 0 aliphatic heterocycles. The van der Waals surface area contributed by atoms with Gasteiger partial charge in [-0.15, -0.1) is 0 Å². The highest BCUT2D eigenvalue weighted by atomic mass is 19.1. The Bertz CT molecular complexity index is 621. The number of amides is 2. The van der Waals surface area contributed by atoms with E-state index in [9.17, 15) is 18.4 Å². The SMILES string of the molecule is O=C(CNC(=O)c1c(F)cccc1F)NCc1ccco1. The van der Waals surface area contributed by atoms with E-state index in [2.05, 4.69) is 10.6 Å². The largest absolute Gasteiger partial charge is 0.467 e. The number of carbonyl (C=O) groups excluding carboxylic acids is 2. The van der Waals surface area contributed by atoms with Crippen LogP contribution in [0.2, 0.25) is 0 Å². The molecule has 2 aromatic rings. The summed E-state index contributed by atoms with van der Waals surface area (Å²) >= 11 is 0. The van der Waals surface area contributed by atoms with Gasteiger partial charge in [0, 0.05) is 0 Å². The van der Waals surface area contributed by atoms with Crippen LogP contribution in [-0.2, 0) is 11.3 Å². The zero-order chi connectivity index (χ0) is 15.2. The molecule has 2 N–H and O–H groups in total. The van der Waals surface area contributed by atoms with Crippen molar-refractivity contribution in [2.75, 3.05) is 6.54 Å². The predicted octanol–water partition coefficient (Wildman–Crippen LogP) is 1.60. The van der Waals surface area contributed by atoms with E-state index in [4.69, 9.17) is 4.42 Å². The lowest BCUT2D eigenvalue weighted by atomic mass is 10.2. The molecule has 1 heterocycles. The number of benzene rings is 1. The van der Waals surface area contributed by atoms with Crippen LogP contribution in [0.3, 0.4) is 0 Å². The van der Waals surface area contributed by atoms with E-state index in [1.807, 2.05) is 0 Å². The van der Waals surface area contributed by atoms with Gasteiger partial charge in [0.25, 0.3) is 5.91 Å². The second kappa shape index (κ2) is 6.65. The first-order chi connectivity index (χ1) is 10.1. The molecular formula is C14H12F2N2O3. The average molecular weight is 294 g/mol. The predicted molar refractivity (Wildman–Crippen MR) is 69.2 cm³/mol. The van der Waals surface area contributed by atoms with Gasteiger partial charge in [-0.2, -0.15) is 0 Å². The van der Waals surface area contributed by atoms with Gasteiger partial charge in [-0.05, 0) is 24.3 Å². The van der Waals surface area contributed by atoms with Crippen LogP contribution >= 0.6 is 0 Å². The lowest BCUT2D eigenvalue weighted by Gasteiger charge is -2.07. The van der Waals surface area contributed by atoms with Crippen LogP contribution in [0.1, 0.15) is 16.1 Å². The molecule has 0 saturated heterocycles. The fourth-order valence-corrected chi connectivity index (χ4v) is 1.63. The molecule has 1 aromatic heterocycles. The van der Waals surface area contributed by atoms with Crippen molar-refractivity contribution in [2.24, 2.45) is 0 Å². The molecule has 0 radical (unpaired) electrons. The zero-order valence-corrected chi connectivity index (χ0v) is 10.9. The highest BCUT2D eigenvalue weighted by molar-refractivity contribution is 5.96. The Balaban J connectivity index is 1.85. The third kappa shape index (κ3) is 3.88. The number of rotatable bonds is 5. The van der Waals surface area contributed by atoms with Crippen LogP contribution in [0.4, 0.5) is 8.78 Å². The van der Waals surface area contributed by atoms with Gasteiger partial charge in [0.1, 0.15) is 23.0 Å². The highest BCUT2D eigenvalue weighted by Gasteiger charge is 2.17. The third-order valence-corrected chi connectivity index (χ3v) is 2.64. The summed E-state index contributed by atoms with van der Waals surface area (Å²) in [6.45, 7) is -0.233. The van der Waals surface area contributed by atoms with Crippen molar-refractivity contribution in [1.29, 1.82) is 0 Å². The monoisotopic (exact) mass is 294 g/mol. The zero-order valence-electron chi connectivity index (χ0n) is 10.9. The first kappa shape index (κ1) is 14.7. The Morgan fingerprint density at radius 2 is 1.76 bits per heavy atom. The number of halogens is 2. The average Bonchev–Trinajstić information content (AvgIpc) is 2.96. The second-order valence-corrected chi connectivity index (χ2v) is 4.14. The molecule has 7 heteroatoms. The number of nitrogens with one attached hydrogen (secondary N) is 2. The van der Waals surface area contributed by atoms with Crippen LogP contribution < -0.4 is 10.6 Å². The summed E-state index contributed by atoms with van der Waals surface area (Å²) in [7, 11) is 0. The smallest absolute Gasteiger partial charge is 0.257 e. The number of hydrogen-bond acceptors (Lipinski definition) is 3. The van der Waals surface area contributed by atoms with Crippen molar-refractivity contribution in [1.82, 2.24) is 10.6 Å². The van der Waals surface area contributed by atoms with Crippen LogP contribution in [0, 0.1) is 11.6 Å². The van der Waals surface area contributed by atoms with Crippen molar-refractivity contribution < 1.29 is 22.8 Å². The van der Waals surface area contributed by atoms with Crippen molar-refractivity contribution in [2.45, 2.75) is 6.54 Å². The molecule has 0 saturated carbocycles. The summed E-state index contributed by atoms with van der Waals surface area (Å²) < 4.78 is 31.7. The first-order valence-electron chi connectivity index (χ1n) is 6.09. The van der Waals surface area contributed by atoms with E-state index in [-0.39, 0.29) is 6.54 Å². The molecule has 2 amide bonds. The molecule has 0 atom stereocenters. The van der Waals surface area contributed by atoms with Crippen molar-refractivity contribution in [3.63, 3.8) is 0 Å². The first-order valence-corrected chi connectivity index (χ1v) is 6.09. The molecule has 0 fully saturated rings. The van der Waals surface area contributed by atoms with E-state index in [1.54, 1.807) is 12.1 Å². The minimum Gasteiger partial charge on any atom is -0.467 e. The van der Waals surface area contributed by atoms with E-state index in [1.165, 1.54) is 6.26 Å². The van der Waals surface area contributed by atoms with Gasteiger partial charge < -0.3 is 15.1 Å². The molecule has 21 heavy (non-hydrogen) atoms. The van der Waals surface area contributed by atoms with E-state index in [0.717, 1.165) is 18.2 Å². The number of furan rings is 1. The van der Waals surface area contributed by atoms with Gasteiger partial charge >= 0.3 is 0 Å². The van der Waals surface area contributed by atoms with Crippen LogP contribution in [0.5, 0.6) is 0 Å². The van der Waals surface area contributed by atoms with E-state index in [0.29, 0.717) is 5.76 Å². The Morgan fingerprint density at radius 1 is 1.05 bits per heavy atom. The Hall–Kier alpha value is -2.70. The molecule has 0 bridgehead atoms. The number of carbonyl (C=O) groups is 2. The van der Waals surface area contributed by atoms with Gasteiger partial charge in [-0.25, -0.2) is 8.78 Å². The summed E-state index contributed by atoms with van der Waals surface area (Å²) in [6.07, 6.45) is 1.46. The summed E-state index contributed by atoms with van der Waals surface area (Å²) in [5.74, 6) is -2.91. The van der Waals surface area contributed by atoms with Gasteiger partial charge in [0.15, 0.2) is 0 Å². The summed E-state index contributed by atoms with van der Waals surface area (Å²) in [4.78, 5) is 23.1.